The van der Waals surface area contributed by atoms with Crippen molar-refractivity contribution in [2.45, 2.75) is 27.3 Å². The first-order chi connectivity index (χ1) is 16.4. The van der Waals surface area contributed by atoms with Crippen LogP contribution in [0.3, 0.4) is 0 Å². The number of fused-ring (bicyclic) bond motifs is 1. The molecule has 0 spiro atoms. The number of nitrogen functional groups attached to an aromatic ring is 1. The Balaban J connectivity index is 1.31. The highest BCUT2D eigenvalue weighted by Gasteiger charge is 2.15. The van der Waals surface area contributed by atoms with E-state index in [2.05, 4.69) is 20.3 Å². The SMILES string of the molecule is Cc1sc(N)nc1-c1ccc(-c2cc(NCCn3c(C)c(F)c4c(C)cccc43)ncn2)cc1. The molecule has 6 nitrogen and oxygen atoms in total. The molecule has 0 atom stereocenters. The highest BCUT2D eigenvalue weighted by molar-refractivity contribution is 7.15. The van der Waals surface area contributed by atoms with Crippen LogP contribution >= 0.6 is 11.3 Å². The fourth-order valence-electron chi connectivity index (χ4n) is 4.32. The summed E-state index contributed by atoms with van der Waals surface area (Å²) in [6.07, 6.45) is 1.55. The summed E-state index contributed by atoms with van der Waals surface area (Å²) in [4.78, 5) is 14.3. The maximum atomic E-state index is 14.8. The van der Waals surface area contributed by atoms with Gasteiger partial charge in [-0.1, -0.05) is 36.4 Å². The number of nitrogens with two attached hydrogens (primary N) is 1. The van der Waals surface area contributed by atoms with Gasteiger partial charge in [-0.25, -0.2) is 19.3 Å². The largest absolute Gasteiger partial charge is 0.375 e. The summed E-state index contributed by atoms with van der Waals surface area (Å²) in [7, 11) is 0. The van der Waals surface area contributed by atoms with E-state index >= 15 is 0 Å². The molecular formula is C26H25FN6S. The molecule has 3 N–H and O–H groups in total. The molecule has 0 saturated carbocycles. The highest BCUT2D eigenvalue weighted by Crippen LogP contribution is 2.30. The molecule has 0 aliphatic rings. The van der Waals surface area contributed by atoms with Crippen molar-refractivity contribution in [1.29, 1.82) is 0 Å². The zero-order valence-electron chi connectivity index (χ0n) is 19.3. The Hall–Kier alpha value is -3.78. The highest BCUT2D eigenvalue weighted by atomic mass is 32.1. The fraction of sp³-hybridized carbons (Fsp3) is 0.192. The fourth-order valence-corrected chi connectivity index (χ4v) is 5.03. The molecule has 0 radical (unpaired) electrons. The zero-order valence-corrected chi connectivity index (χ0v) is 20.1. The van der Waals surface area contributed by atoms with Gasteiger partial charge in [0.05, 0.1) is 22.6 Å². The Morgan fingerprint density at radius 3 is 2.53 bits per heavy atom. The van der Waals surface area contributed by atoms with Crippen LogP contribution in [0.4, 0.5) is 15.3 Å². The predicted octanol–water partition coefficient (Wildman–Crippen LogP) is 5.98. The van der Waals surface area contributed by atoms with E-state index in [1.165, 1.54) is 11.3 Å². The maximum absolute atomic E-state index is 14.8. The lowest BCUT2D eigenvalue weighted by Crippen LogP contribution is -2.12. The minimum absolute atomic E-state index is 0.142. The third kappa shape index (κ3) is 4.01. The van der Waals surface area contributed by atoms with Crippen LogP contribution < -0.4 is 11.1 Å². The van der Waals surface area contributed by atoms with Crippen molar-refractivity contribution in [3.05, 3.63) is 76.8 Å². The lowest BCUT2D eigenvalue weighted by Gasteiger charge is -2.11. The molecular weight excluding hydrogens is 447 g/mol. The molecule has 34 heavy (non-hydrogen) atoms. The average Bonchev–Trinajstić information content (AvgIpc) is 3.30. The van der Waals surface area contributed by atoms with E-state index in [0.29, 0.717) is 29.3 Å². The number of aromatic nitrogens is 4. The van der Waals surface area contributed by atoms with Crippen molar-refractivity contribution in [3.63, 3.8) is 0 Å². The Morgan fingerprint density at radius 1 is 1.03 bits per heavy atom. The van der Waals surface area contributed by atoms with Crippen LogP contribution in [0.5, 0.6) is 0 Å². The Kier molecular flexibility index (Phi) is 5.75. The number of thiazole rings is 1. The standard InChI is InChI=1S/C26H25FN6S/c1-15-5-4-6-21-23(15)24(27)16(2)33(21)12-11-29-22-13-20(30-14-31-22)18-7-9-19(10-8-18)25-17(3)34-26(28)32-25/h4-10,13-14H,11-12H2,1-3H3,(H2,28,32)(H,29,30,31). The minimum atomic E-state index is -0.142. The first-order valence-electron chi connectivity index (χ1n) is 11.1. The lowest BCUT2D eigenvalue weighted by molar-refractivity contribution is 0.607. The van der Waals surface area contributed by atoms with Crippen LogP contribution in [-0.2, 0) is 6.54 Å². The minimum Gasteiger partial charge on any atom is -0.375 e. The number of aryl methyl sites for hydroxylation is 2. The van der Waals surface area contributed by atoms with Crippen molar-refractivity contribution in [2.75, 3.05) is 17.6 Å². The molecule has 0 bridgehead atoms. The van der Waals surface area contributed by atoms with Gasteiger partial charge in [0.1, 0.15) is 12.1 Å². The van der Waals surface area contributed by atoms with E-state index in [9.17, 15) is 4.39 Å². The number of nitrogens with one attached hydrogen (secondary N) is 1. The summed E-state index contributed by atoms with van der Waals surface area (Å²) in [6.45, 7) is 7.02. The maximum Gasteiger partial charge on any atom is 0.180 e. The Bertz CT molecular complexity index is 1490. The van der Waals surface area contributed by atoms with E-state index in [1.54, 1.807) is 6.33 Å². The van der Waals surface area contributed by atoms with Gasteiger partial charge in [-0.2, -0.15) is 0 Å². The van der Waals surface area contributed by atoms with Gasteiger partial charge in [0.2, 0.25) is 0 Å². The summed E-state index contributed by atoms with van der Waals surface area (Å²) in [5.74, 6) is 0.583. The van der Waals surface area contributed by atoms with Gasteiger partial charge in [0.25, 0.3) is 0 Å². The molecule has 0 saturated heterocycles. The van der Waals surface area contributed by atoms with E-state index in [4.69, 9.17) is 5.73 Å². The van der Waals surface area contributed by atoms with E-state index < -0.39 is 0 Å². The number of nitrogens with zero attached hydrogens (tertiary/aromatic N) is 4. The smallest absolute Gasteiger partial charge is 0.180 e. The van der Waals surface area contributed by atoms with Crippen molar-refractivity contribution in [3.8, 4) is 22.5 Å². The number of hydrogen-bond acceptors (Lipinski definition) is 6. The first-order valence-corrected chi connectivity index (χ1v) is 11.9. The van der Waals surface area contributed by atoms with Gasteiger partial charge in [-0.15, -0.1) is 11.3 Å². The predicted molar refractivity (Wildman–Crippen MR) is 138 cm³/mol. The number of hydrogen-bond donors (Lipinski definition) is 2. The van der Waals surface area contributed by atoms with Crippen molar-refractivity contribution >= 4 is 33.2 Å². The molecule has 2 aromatic carbocycles. The molecule has 0 aliphatic heterocycles. The van der Waals surface area contributed by atoms with Crippen molar-refractivity contribution < 1.29 is 4.39 Å². The lowest BCUT2D eigenvalue weighted by atomic mass is 10.1. The molecule has 0 unspecified atom stereocenters. The number of anilines is 2. The summed E-state index contributed by atoms with van der Waals surface area (Å²) < 4.78 is 16.8. The third-order valence-corrected chi connectivity index (χ3v) is 6.86. The van der Waals surface area contributed by atoms with Gasteiger partial charge < -0.3 is 15.6 Å². The first kappa shape index (κ1) is 22.0. The van der Waals surface area contributed by atoms with Gasteiger partial charge in [-0.05, 0) is 32.4 Å². The topological polar surface area (TPSA) is 81.6 Å². The zero-order chi connectivity index (χ0) is 23.8. The summed E-state index contributed by atoms with van der Waals surface area (Å²) >= 11 is 1.49. The van der Waals surface area contributed by atoms with E-state index in [0.717, 1.165) is 44.3 Å². The van der Waals surface area contributed by atoms with Crippen LogP contribution in [0.25, 0.3) is 33.4 Å². The van der Waals surface area contributed by atoms with Gasteiger partial charge >= 0.3 is 0 Å². The molecule has 5 rings (SSSR count). The normalized spacial score (nSPS) is 11.3. The molecule has 8 heteroatoms. The van der Waals surface area contributed by atoms with Gasteiger partial charge in [0.15, 0.2) is 10.9 Å². The summed E-state index contributed by atoms with van der Waals surface area (Å²) in [6, 6.07) is 15.9. The van der Waals surface area contributed by atoms with Crippen LogP contribution in [0.15, 0.2) is 54.9 Å². The molecule has 0 aliphatic carbocycles. The second kappa shape index (κ2) is 8.87. The monoisotopic (exact) mass is 472 g/mol. The number of benzene rings is 2. The summed E-state index contributed by atoms with van der Waals surface area (Å²) in [5, 5.41) is 4.62. The van der Waals surface area contributed by atoms with Crippen LogP contribution in [0, 0.1) is 26.6 Å². The van der Waals surface area contributed by atoms with Crippen LogP contribution in [0.2, 0.25) is 0 Å². The molecule has 0 amide bonds. The second-order valence-electron chi connectivity index (χ2n) is 8.27. The third-order valence-electron chi connectivity index (χ3n) is 6.06. The van der Waals surface area contributed by atoms with Crippen molar-refractivity contribution in [2.24, 2.45) is 0 Å². The Labute approximate surface area is 201 Å². The van der Waals surface area contributed by atoms with Gasteiger partial charge in [-0.3, -0.25) is 0 Å². The average molecular weight is 473 g/mol. The summed E-state index contributed by atoms with van der Waals surface area (Å²) in [5.41, 5.74) is 12.1. The Morgan fingerprint density at radius 2 is 1.79 bits per heavy atom. The number of rotatable bonds is 6. The molecule has 172 valence electrons. The van der Waals surface area contributed by atoms with Gasteiger partial charge in [0, 0.05) is 40.5 Å². The van der Waals surface area contributed by atoms with Crippen LogP contribution in [-0.4, -0.2) is 26.1 Å². The van der Waals surface area contributed by atoms with Crippen LogP contribution in [0.1, 0.15) is 16.1 Å². The van der Waals surface area contributed by atoms with Crippen molar-refractivity contribution in [1.82, 2.24) is 19.5 Å². The quantitative estimate of drug-likeness (QED) is 0.318. The molecule has 3 heterocycles. The van der Waals surface area contributed by atoms with E-state index in [1.807, 2.05) is 73.9 Å². The van der Waals surface area contributed by atoms with E-state index in [-0.39, 0.29) is 5.82 Å². The molecule has 3 aromatic heterocycles. The second-order valence-corrected chi connectivity index (χ2v) is 9.50. The number of halogens is 1. The molecule has 0 fully saturated rings. The molecule has 5 aromatic rings.